The van der Waals surface area contributed by atoms with E-state index in [4.69, 9.17) is 32.7 Å². The number of alkyl carbamates (subject to hydrolysis) is 2. The van der Waals surface area contributed by atoms with Crippen LogP contribution in [0.2, 0.25) is 10.0 Å². The van der Waals surface area contributed by atoms with Crippen molar-refractivity contribution in [1.29, 1.82) is 0 Å². The standard InChI is InChI=1S/2C22H15ClN2O2/c2*23-19-10-8-17(9-11-19)21-20(25-22(26)27-21)18-12-16(13-24-14-18)7-6-15-4-2-1-3-5-15/h2*1-5,8-14,20-21H,(H,25,26)/t2*20-,21-/m10/s1. The zero-order chi connectivity index (χ0) is 37.3. The highest BCUT2D eigenvalue weighted by Crippen LogP contribution is 2.38. The number of cyclic esters (lactones) is 2. The molecule has 0 unspecified atom stereocenters. The first-order valence-corrected chi connectivity index (χ1v) is 17.6. The van der Waals surface area contributed by atoms with Crippen LogP contribution < -0.4 is 10.6 Å². The van der Waals surface area contributed by atoms with Crippen LogP contribution in [0, 0.1) is 23.7 Å². The second-order valence-corrected chi connectivity index (χ2v) is 13.1. The Kier molecular flexibility index (Phi) is 11.2. The summed E-state index contributed by atoms with van der Waals surface area (Å²) in [6.45, 7) is 0. The molecule has 54 heavy (non-hydrogen) atoms. The van der Waals surface area contributed by atoms with Crippen molar-refractivity contribution in [2.75, 3.05) is 0 Å². The average molecular weight is 750 g/mol. The largest absolute Gasteiger partial charge is 0.439 e. The first-order valence-electron chi connectivity index (χ1n) is 16.9. The van der Waals surface area contributed by atoms with Crippen molar-refractivity contribution in [3.05, 3.63) is 201 Å². The van der Waals surface area contributed by atoms with Gasteiger partial charge >= 0.3 is 12.2 Å². The maximum Gasteiger partial charge on any atom is 0.408 e. The van der Waals surface area contributed by atoms with E-state index in [1.54, 1.807) is 49.1 Å². The second-order valence-electron chi connectivity index (χ2n) is 12.2. The molecule has 264 valence electrons. The van der Waals surface area contributed by atoms with E-state index in [1.807, 2.05) is 97.1 Å². The quantitative estimate of drug-likeness (QED) is 0.174. The van der Waals surface area contributed by atoms with Crippen molar-refractivity contribution < 1.29 is 19.1 Å². The number of nitrogens with zero attached hydrogens (tertiary/aromatic N) is 2. The third kappa shape index (κ3) is 9.07. The van der Waals surface area contributed by atoms with E-state index in [-0.39, 0.29) is 12.1 Å². The fourth-order valence-electron chi connectivity index (χ4n) is 5.91. The summed E-state index contributed by atoms with van der Waals surface area (Å²) in [4.78, 5) is 32.3. The molecule has 2 aromatic heterocycles. The molecule has 4 heterocycles. The Labute approximate surface area is 322 Å². The summed E-state index contributed by atoms with van der Waals surface area (Å²) >= 11 is 11.9. The topological polar surface area (TPSA) is 102 Å². The summed E-state index contributed by atoms with van der Waals surface area (Å²) in [5, 5.41) is 6.97. The number of aromatic nitrogens is 2. The zero-order valence-corrected chi connectivity index (χ0v) is 30.0. The summed E-state index contributed by atoms with van der Waals surface area (Å²) in [7, 11) is 0. The lowest BCUT2D eigenvalue weighted by Gasteiger charge is -2.17. The number of benzene rings is 4. The van der Waals surface area contributed by atoms with E-state index < -0.39 is 24.4 Å². The molecule has 10 heteroatoms. The van der Waals surface area contributed by atoms with Crippen LogP contribution in [-0.4, -0.2) is 22.2 Å². The molecule has 0 bridgehead atoms. The number of hydrogen-bond acceptors (Lipinski definition) is 6. The lowest BCUT2D eigenvalue weighted by atomic mass is 9.97. The van der Waals surface area contributed by atoms with E-state index in [0.29, 0.717) is 10.0 Å². The highest BCUT2D eigenvalue weighted by molar-refractivity contribution is 6.30. The van der Waals surface area contributed by atoms with Crippen molar-refractivity contribution in [3.63, 3.8) is 0 Å². The highest BCUT2D eigenvalue weighted by Gasteiger charge is 2.37. The molecule has 2 amide bonds. The van der Waals surface area contributed by atoms with Gasteiger partial charge in [-0.25, -0.2) is 9.59 Å². The summed E-state index contributed by atoms with van der Waals surface area (Å²) in [6, 6.07) is 37.2. The molecule has 6 aromatic rings. The monoisotopic (exact) mass is 748 g/mol. The van der Waals surface area contributed by atoms with Crippen LogP contribution in [0.15, 0.2) is 146 Å². The van der Waals surface area contributed by atoms with E-state index in [1.165, 1.54) is 0 Å². The van der Waals surface area contributed by atoms with Crippen LogP contribution in [0.5, 0.6) is 0 Å². The molecule has 2 N–H and O–H groups in total. The van der Waals surface area contributed by atoms with Crippen molar-refractivity contribution in [3.8, 4) is 23.7 Å². The Morgan fingerprint density at radius 2 is 0.833 bits per heavy atom. The molecule has 0 radical (unpaired) electrons. The van der Waals surface area contributed by atoms with E-state index in [9.17, 15) is 9.59 Å². The number of rotatable bonds is 4. The molecular formula is C44H30Cl2N4O4. The minimum Gasteiger partial charge on any atom is -0.439 e. The first kappa shape index (κ1) is 35.8. The maximum absolute atomic E-state index is 11.9. The Morgan fingerprint density at radius 1 is 0.463 bits per heavy atom. The molecule has 4 aromatic carbocycles. The summed E-state index contributed by atoms with van der Waals surface area (Å²) in [6.07, 6.45) is 5.03. The molecule has 8 nitrogen and oxygen atoms in total. The van der Waals surface area contributed by atoms with Gasteiger partial charge in [-0.05, 0) is 82.9 Å². The Bertz CT molecular complexity index is 2220. The molecule has 0 saturated carbocycles. The third-order valence-corrected chi connectivity index (χ3v) is 9.01. The van der Waals surface area contributed by atoms with E-state index in [0.717, 1.165) is 44.5 Å². The number of pyridine rings is 2. The number of amides is 2. The van der Waals surface area contributed by atoms with Crippen LogP contribution in [0.3, 0.4) is 0 Å². The van der Waals surface area contributed by atoms with Crippen LogP contribution >= 0.6 is 23.2 Å². The first-order chi connectivity index (χ1) is 26.4. The van der Waals surface area contributed by atoms with E-state index >= 15 is 0 Å². The van der Waals surface area contributed by atoms with Crippen LogP contribution in [-0.2, 0) is 9.47 Å². The summed E-state index contributed by atoms with van der Waals surface area (Å²) < 4.78 is 10.9. The number of ether oxygens (including phenoxy) is 2. The highest BCUT2D eigenvalue weighted by atomic mass is 35.5. The summed E-state index contributed by atoms with van der Waals surface area (Å²) in [5.41, 5.74) is 6.80. The molecule has 8 rings (SSSR count). The Hall–Kier alpha value is -6.58. The van der Waals surface area contributed by atoms with Gasteiger partial charge in [0.15, 0.2) is 12.2 Å². The van der Waals surface area contributed by atoms with Gasteiger partial charge in [-0.2, -0.15) is 0 Å². The van der Waals surface area contributed by atoms with Gasteiger partial charge in [0, 0.05) is 57.1 Å². The molecule has 2 aliphatic rings. The zero-order valence-electron chi connectivity index (χ0n) is 28.4. The van der Waals surface area contributed by atoms with Crippen LogP contribution in [0.25, 0.3) is 0 Å². The molecule has 0 spiro atoms. The molecule has 2 aliphatic heterocycles. The second kappa shape index (κ2) is 16.8. The van der Waals surface area contributed by atoms with Crippen molar-refractivity contribution in [1.82, 2.24) is 20.6 Å². The van der Waals surface area contributed by atoms with Gasteiger partial charge in [0.05, 0.1) is 0 Å². The number of hydrogen-bond donors (Lipinski definition) is 2. The average Bonchev–Trinajstić information content (AvgIpc) is 3.80. The smallest absolute Gasteiger partial charge is 0.408 e. The molecule has 4 atom stereocenters. The lowest BCUT2D eigenvalue weighted by molar-refractivity contribution is 0.131. The number of nitrogens with one attached hydrogen (secondary N) is 2. The number of carbonyl (C=O) groups excluding carboxylic acids is 2. The fourth-order valence-corrected chi connectivity index (χ4v) is 6.16. The van der Waals surface area contributed by atoms with Gasteiger partial charge in [-0.3, -0.25) is 9.97 Å². The number of carbonyl (C=O) groups is 2. The Morgan fingerprint density at radius 3 is 1.22 bits per heavy atom. The Balaban J connectivity index is 0.000000167. The van der Waals surface area contributed by atoms with Gasteiger partial charge in [0.1, 0.15) is 12.1 Å². The van der Waals surface area contributed by atoms with Crippen LogP contribution in [0.4, 0.5) is 9.59 Å². The summed E-state index contributed by atoms with van der Waals surface area (Å²) in [5.74, 6) is 12.5. The SMILES string of the molecule is O=C1N[C@@H](c2cncc(C#Cc3ccccc3)c2)[C@H](c2ccc(Cl)cc2)O1.O=C1N[C@H](c2cncc(C#Cc3ccccc3)c2)[C@@H](c2ccc(Cl)cc2)O1. The minimum absolute atomic E-state index is 0.343. The fraction of sp³-hybridized carbons (Fsp3) is 0.0909. The van der Waals surface area contributed by atoms with Gasteiger partial charge in [0.25, 0.3) is 0 Å². The van der Waals surface area contributed by atoms with E-state index in [2.05, 4.69) is 44.3 Å². The van der Waals surface area contributed by atoms with Gasteiger partial charge in [-0.1, -0.05) is 108 Å². The predicted octanol–water partition coefficient (Wildman–Crippen LogP) is 9.31. The lowest BCUT2D eigenvalue weighted by Crippen LogP contribution is -2.19. The van der Waals surface area contributed by atoms with Crippen molar-refractivity contribution in [2.24, 2.45) is 0 Å². The van der Waals surface area contributed by atoms with Gasteiger partial charge < -0.3 is 20.1 Å². The molecule has 2 fully saturated rings. The van der Waals surface area contributed by atoms with Crippen LogP contribution in [0.1, 0.15) is 68.8 Å². The van der Waals surface area contributed by atoms with Gasteiger partial charge in [0.2, 0.25) is 0 Å². The molecular weight excluding hydrogens is 719 g/mol. The molecule has 0 aliphatic carbocycles. The molecule has 2 saturated heterocycles. The maximum atomic E-state index is 11.9. The third-order valence-electron chi connectivity index (χ3n) is 8.50. The normalized spacial score (nSPS) is 18.2. The van der Waals surface area contributed by atoms with Crippen molar-refractivity contribution >= 4 is 35.4 Å². The number of halogens is 2. The van der Waals surface area contributed by atoms with Gasteiger partial charge in [-0.15, -0.1) is 0 Å². The predicted molar refractivity (Wildman–Crippen MR) is 206 cm³/mol. The van der Waals surface area contributed by atoms with Crippen molar-refractivity contribution in [2.45, 2.75) is 24.3 Å². The minimum atomic E-state index is -0.458.